The van der Waals surface area contributed by atoms with Gasteiger partial charge in [0, 0.05) is 26.3 Å². The van der Waals surface area contributed by atoms with Crippen LogP contribution in [0.5, 0.6) is 0 Å². The molecule has 2 atom stereocenters. The summed E-state index contributed by atoms with van der Waals surface area (Å²) >= 11 is 0. The maximum Gasteiger partial charge on any atom is 0.500 e. The van der Waals surface area contributed by atoms with Crippen molar-refractivity contribution in [3.05, 3.63) is 0 Å². The van der Waals surface area contributed by atoms with Crippen LogP contribution in [0, 0.1) is 0 Å². The van der Waals surface area contributed by atoms with E-state index in [-0.39, 0.29) is 12.1 Å². The van der Waals surface area contributed by atoms with Crippen molar-refractivity contribution in [2.24, 2.45) is 5.73 Å². The Labute approximate surface area is 80.7 Å². The van der Waals surface area contributed by atoms with Crippen molar-refractivity contribution in [3.63, 3.8) is 0 Å². The maximum absolute atomic E-state index is 5.80. The minimum atomic E-state index is -2.34. The largest absolute Gasteiger partial charge is 0.500 e. The second kappa shape index (κ2) is 4.52. The SMILES string of the molecule is CO[Si]1(OC)CCCC(C(C)N)O1. The van der Waals surface area contributed by atoms with Crippen LogP contribution >= 0.6 is 0 Å². The van der Waals surface area contributed by atoms with Gasteiger partial charge in [-0.25, -0.2) is 0 Å². The third-order valence-electron chi connectivity index (χ3n) is 2.51. The van der Waals surface area contributed by atoms with Gasteiger partial charge in [0.15, 0.2) is 0 Å². The first-order valence-electron chi connectivity index (χ1n) is 4.67. The molecule has 1 aliphatic rings. The molecule has 0 aromatic carbocycles. The molecule has 1 saturated heterocycles. The van der Waals surface area contributed by atoms with Gasteiger partial charge in [-0.15, -0.1) is 0 Å². The average Bonchev–Trinajstić information content (AvgIpc) is 2.18. The molecule has 0 aliphatic carbocycles. The van der Waals surface area contributed by atoms with Crippen molar-refractivity contribution >= 4 is 8.80 Å². The Hall–Kier alpha value is 0.0569. The molecule has 1 fully saturated rings. The minimum Gasteiger partial charge on any atom is -0.377 e. The highest BCUT2D eigenvalue weighted by Crippen LogP contribution is 2.27. The maximum atomic E-state index is 5.80. The molecule has 78 valence electrons. The fourth-order valence-electron chi connectivity index (χ4n) is 1.62. The standard InChI is InChI=1S/C8H19NO3Si/c1-7(9)8-5-4-6-13(10-2,11-3)12-8/h7-8H,4-6,9H2,1-3H3. The summed E-state index contributed by atoms with van der Waals surface area (Å²) in [6.45, 7) is 1.96. The van der Waals surface area contributed by atoms with Crippen LogP contribution in [0.25, 0.3) is 0 Å². The van der Waals surface area contributed by atoms with Crippen LogP contribution in [0.15, 0.2) is 0 Å². The molecule has 1 rings (SSSR count). The van der Waals surface area contributed by atoms with Crippen molar-refractivity contribution < 1.29 is 13.3 Å². The number of hydrogen-bond acceptors (Lipinski definition) is 4. The van der Waals surface area contributed by atoms with Gasteiger partial charge >= 0.3 is 8.80 Å². The summed E-state index contributed by atoms with van der Waals surface area (Å²) in [4.78, 5) is 0. The van der Waals surface area contributed by atoms with Crippen molar-refractivity contribution in [1.29, 1.82) is 0 Å². The molecule has 0 radical (unpaired) electrons. The van der Waals surface area contributed by atoms with E-state index in [0.29, 0.717) is 0 Å². The highest BCUT2D eigenvalue weighted by atomic mass is 28.4. The van der Waals surface area contributed by atoms with Gasteiger partial charge in [0.05, 0.1) is 6.10 Å². The summed E-state index contributed by atoms with van der Waals surface area (Å²) in [6.07, 6.45) is 2.19. The second-order valence-corrected chi connectivity index (χ2v) is 6.42. The fourth-order valence-corrected chi connectivity index (χ4v) is 3.94. The zero-order chi connectivity index (χ0) is 9.90. The Morgan fingerprint density at radius 1 is 1.46 bits per heavy atom. The molecular weight excluding hydrogens is 186 g/mol. The van der Waals surface area contributed by atoms with E-state index in [1.165, 1.54) is 0 Å². The van der Waals surface area contributed by atoms with Crippen molar-refractivity contribution in [2.45, 2.75) is 38.0 Å². The van der Waals surface area contributed by atoms with Gasteiger partial charge in [0.1, 0.15) is 0 Å². The average molecular weight is 205 g/mol. The molecule has 0 amide bonds. The minimum absolute atomic E-state index is 0.0532. The van der Waals surface area contributed by atoms with Crippen LogP contribution in [0.3, 0.4) is 0 Å². The molecule has 2 N–H and O–H groups in total. The summed E-state index contributed by atoms with van der Waals surface area (Å²) in [5, 5.41) is 0. The monoisotopic (exact) mass is 205 g/mol. The summed E-state index contributed by atoms with van der Waals surface area (Å²) in [7, 11) is 0.968. The molecule has 1 aliphatic heterocycles. The molecule has 13 heavy (non-hydrogen) atoms. The van der Waals surface area contributed by atoms with E-state index in [0.717, 1.165) is 18.9 Å². The lowest BCUT2D eigenvalue weighted by Gasteiger charge is -2.36. The highest BCUT2D eigenvalue weighted by Gasteiger charge is 2.44. The van der Waals surface area contributed by atoms with Crippen molar-refractivity contribution in [1.82, 2.24) is 0 Å². The van der Waals surface area contributed by atoms with Gasteiger partial charge in [0.2, 0.25) is 0 Å². The first kappa shape index (κ1) is 11.1. The van der Waals surface area contributed by atoms with E-state index in [1.807, 2.05) is 6.92 Å². The lowest BCUT2D eigenvalue weighted by Crippen LogP contribution is -2.53. The summed E-state index contributed by atoms with van der Waals surface area (Å²) in [5.41, 5.74) is 5.78. The molecule has 1 heterocycles. The summed E-state index contributed by atoms with van der Waals surface area (Å²) in [5.74, 6) is 0. The summed E-state index contributed by atoms with van der Waals surface area (Å²) < 4.78 is 16.5. The molecule has 0 bridgehead atoms. The lowest BCUT2D eigenvalue weighted by molar-refractivity contribution is 0.0245. The topological polar surface area (TPSA) is 53.7 Å². The number of hydrogen-bond donors (Lipinski definition) is 1. The molecular formula is C8H19NO3Si. The quantitative estimate of drug-likeness (QED) is 0.691. The summed E-state index contributed by atoms with van der Waals surface area (Å²) in [6, 6.07) is 0.959. The van der Waals surface area contributed by atoms with Gasteiger partial charge in [-0.3, -0.25) is 0 Å². The Morgan fingerprint density at radius 2 is 2.08 bits per heavy atom. The number of nitrogens with two attached hydrogens (primary N) is 1. The third-order valence-corrected chi connectivity index (χ3v) is 5.38. The number of rotatable bonds is 3. The normalized spacial score (nSPS) is 30.0. The van der Waals surface area contributed by atoms with E-state index < -0.39 is 8.80 Å². The first-order valence-corrected chi connectivity index (χ1v) is 6.60. The molecule has 4 nitrogen and oxygen atoms in total. The zero-order valence-corrected chi connectivity index (χ0v) is 9.58. The van der Waals surface area contributed by atoms with E-state index in [1.54, 1.807) is 14.2 Å². The first-order chi connectivity index (χ1) is 6.13. The van der Waals surface area contributed by atoms with Crippen LogP contribution in [0.2, 0.25) is 6.04 Å². The predicted octanol–water partition coefficient (Wildman–Crippen LogP) is 0.744. The molecule has 5 heteroatoms. The highest BCUT2D eigenvalue weighted by molar-refractivity contribution is 6.60. The van der Waals surface area contributed by atoms with Gasteiger partial charge in [-0.2, -0.15) is 0 Å². The fraction of sp³-hybridized carbons (Fsp3) is 1.00. The van der Waals surface area contributed by atoms with E-state index in [4.69, 9.17) is 19.0 Å². The molecule has 0 aromatic heterocycles. The second-order valence-electron chi connectivity index (χ2n) is 3.50. The smallest absolute Gasteiger partial charge is 0.377 e. The van der Waals surface area contributed by atoms with Gasteiger partial charge in [-0.1, -0.05) is 0 Å². The zero-order valence-electron chi connectivity index (χ0n) is 8.58. The van der Waals surface area contributed by atoms with Crippen LogP contribution < -0.4 is 5.73 Å². The van der Waals surface area contributed by atoms with Crippen LogP contribution in [-0.4, -0.2) is 35.2 Å². The van der Waals surface area contributed by atoms with E-state index >= 15 is 0 Å². The predicted molar refractivity (Wildman–Crippen MR) is 52.3 cm³/mol. The van der Waals surface area contributed by atoms with Crippen molar-refractivity contribution in [3.8, 4) is 0 Å². The van der Waals surface area contributed by atoms with Gasteiger partial charge in [0.25, 0.3) is 0 Å². The van der Waals surface area contributed by atoms with Crippen LogP contribution in [0.1, 0.15) is 19.8 Å². The van der Waals surface area contributed by atoms with E-state index in [2.05, 4.69) is 0 Å². The van der Waals surface area contributed by atoms with Crippen LogP contribution in [0.4, 0.5) is 0 Å². The molecule has 0 saturated carbocycles. The Balaban J connectivity index is 2.58. The Kier molecular flexibility index (Phi) is 3.87. The Bertz CT molecular complexity index is 161. The lowest BCUT2D eigenvalue weighted by atomic mass is 10.1. The Morgan fingerprint density at radius 3 is 2.54 bits per heavy atom. The molecule has 0 aromatic rings. The van der Waals surface area contributed by atoms with Crippen LogP contribution in [-0.2, 0) is 13.3 Å². The molecule has 2 unspecified atom stereocenters. The van der Waals surface area contributed by atoms with Crippen molar-refractivity contribution in [2.75, 3.05) is 14.2 Å². The molecule has 0 spiro atoms. The van der Waals surface area contributed by atoms with Gasteiger partial charge < -0.3 is 19.0 Å². The van der Waals surface area contributed by atoms with E-state index in [9.17, 15) is 0 Å². The van der Waals surface area contributed by atoms with Gasteiger partial charge in [-0.05, 0) is 19.8 Å². The third kappa shape index (κ3) is 2.51.